The van der Waals surface area contributed by atoms with Gasteiger partial charge >= 0.3 is 0 Å². The maximum absolute atomic E-state index is 12.1. The Kier molecular flexibility index (Phi) is 1.34. The molecule has 0 heterocycles. The third-order valence-corrected chi connectivity index (χ3v) is 0.863. The molecular weight excluding hydrogens is 124 g/mol. The third-order valence-electron chi connectivity index (χ3n) is 0.863. The molecule has 0 aliphatic rings. The fourth-order valence-electron chi connectivity index (χ4n) is 0.554. The number of halogens is 2. The molecule has 1 aromatic rings. The molecule has 0 saturated heterocycles. The van der Waals surface area contributed by atoms with Crippen molar-refractivity contribution in [3.8, 4) is 0 Å². The maximum Gasteiger partial charge on any atom is 0.128 e. The van der Waals surface area contributed by atoms with Crippen molar-refractivity contribution in [1.82, 2.24) is 5.73 Å². The van der Waals surface area contributed by atoms with Crippen molar-refractivity contribution in [3.05, 3.63) is 29.8 Å². The van der Waals surface area contributed by atoms with Gasteiger partial charge in [0.15, 0.2) is 0 Å². The minimum Gasteiger partial charge on any atom is -0.301 e. The van der Waals surface area contributed by atoms with Gasteiger partial charge in [0.05, 0.1) is 5.69 Å². The molecule has 0 aliphatic carbocycles. The van der Waals surface area contributed by atoms with Crippen LogP contribution in [0, 0.1) is 11.6 Å². The topological polar surface area (TPSA) is 23.8 Å². The van der Waals surface area contributed by atoms with Crippen LogP contribution in [0.2, 0.25) is 0 Å². The molecule has 0 amide bonds. The predicted molar refractivity (Wildman–Crippen MR) is 29.1 cm³/mol. The summed E-state index contributed by atoms with van der Waals surface area (Å²) in [5.41, 5.74) is 6.65. The normalized spacial score (nSPS) is 9.56. The summed E-state index contributed by atoms with van der Waals surface area (Å²) in [4.78, 5) is 0. The van der Waals surface area contributed by atoms with Gasteiger partial charge in [0.2, 0.25) is 0 Å². The second-order valence-corrected chi connectivity index (χ2v) is 1.66. The van der Waals surface area contributed by atoms with Crippen molar-refractivity contribution >= 4 is 5.69 Å². The van der Waals surface area contributed by atoms with Gasteiger partial charge in [0.25, 0.3) is 0 Å². The molecule has 0 atom stereocenters. The van der Waals surface area contributed by atoms with Crippen molar-refractivity contribution in [2.45, 2.75) is 0 Å². The summed E-state index contributed by atoms with van der Waals surface area (Å²) < 4.78 is 24.1. The van der Waals surface area contributed by atoms with Crippen LogP contribution < -0.4 is 5.73 Å². The Morgan fingerprint density at radius 2 is 1.44 bits per heavy atom. The van der Waals surface area contributed by atoms with Crippen molar-refractivity contribution < 1.29 is 8.78 Å². The van der Waals surface area contributed by atoms with Crippen molar-refractivity contribution in [2.24, 2.45) is 0 Å². The predicted octanol–water partition coefficient (Wildman–Crippen LogP) is 1.88. The molecule has 47 valence electrons. The number of hydrogen-bond acceptors (Lipinski definition) is 0. The Morgan fingerprint density at radius 1 is 1.00 bits per heavy atom. The zero-order valence-electron chi connectivity index (χ0n) is 4.49. The summed E-state index contributed by atoms with van der Waals surface area (Å²) in [7, 11) is 0. The van der Waals surface area contributed by atoms with Crippen LogP contribution in [0.4, 0.5) is 14.5 Å². The van der Waals surface area contributed by atoms with E-state index < -0.39 is 11.6 Å². The van der Waals surface area contributed by atoms with E-state index in [1.807, 2.05) is 0 Å². The molecule has 3 heteroatoms. The number of benzene rings is 1. The summed E-state index contributed by atoms with van der Waals surface area (Å²) >= 11 is 0. The molecule has 1 radical (unpaired) electrons. The van der Waals surface area contributed by atoms with Gasteiger partial charge < -0.3 is 5.73 Å². The van der Waals surface area contributed by atoms with E-state index in [1.165, 1.54) is 0 Å². The molecule has 9 heavy (non-hydrogen) atoms. The first-order valence-electron chi connectivity index (χ1n) is 2.36. The van der Waals surface area contributed by atoms with E-state index in [-0.39, 0.29) is 5.69 Å². The van der Waals surface area contributed by atoms with Gasteiger partial charge in [0, 0.05) is 6.07 Å². The van der Waals surface area contributed by atoms with Gasteiger partial charge in [-0.05, 0) is 12.1 Å². The van der Waals surface area contributed by atoms with Crippen LogP contribution in [0.25, 0.3) is 0 Å². The smallest absolute Gasteiger partial charge is 0.128 e. The molecule has 1 nitrogen and oxygen atoms in total. The first kappa shape index (κ1) is 6.01. The Hall–Kier alpha value is -1.12. The van der Waals surface area contributed by atoms with Crippen LogP contribution in [0.15, 0.2) is 18.2 Å². The van der Waals surface area contributed by atoms with Crippen molar-refractivity contribution in [2.75, 3.05) is 0 Å². The molecule has 0 aromatic heterocycles. The number of nitrogens with one attached hydrogen (secondary N) is 1. The highest BCUT2D eigenvalue weighted by Gasteiger charge is 1.95. The van der Waals surface area contributed by atoms with Crippen LogP contribution in [0.3, 0.4) is 0 Å². The lowest BCUT2D eigenvalue weighted by Crippen LogP contribution is -1.78. The van der Waals surface area contributed by atoms with Gasteiger partial charge in [-0.25, -0.2) is 8.78 Å². The molecule has 0 aliphatic heterocycles. The Bertz CT molecular complexity index is 172. The Morgan fingerprint density at radius 3 is 1.78 bits per heavy atom. The highest BCUT2D eigenvalue weighted by Crippen LogP contribution is 2.09. The lowest BCUT2D eigenvalue weighted by molar-refractivity contribution is 0.584. The fraction of sp³-hybridized carbons (Fsp3) is 0. The van der Waals surface area contributed by atoms with Gasteiger partial charge in [-0.2, -0.15) is 0 Å². The standard InChI is InChI=1S/C6H4F2N/c7-4-1-5(8)3-6(9)2-4/h1-3,9H. The van der Waals surface area contributed by atoms with Gasteiger partial charge in [-0.15, -0.1) is 0 Å². The molecule has 0 spiro atoms. The van der Waals surface area contributed by atoms with E-state index in [1.54, 1.807) is 0 Å². The third kappa shape index (κ3) is 1.38. The second-order valence-electron chi connectivity index (χ2n) is 1.66. The molecule has 0 fully saturated rings. The minimum atomic E-state index is -0.708. The summed E-state index contributed by atoms with van der Waals surface area (Å²) in [5.74, 6) is -1.42. The molecule has 1 aromatic carbocycles. The molecule has 1 rings (SSSR count). The van der Waals surface area contributed by atoms with Crippen LogP contribution in [0.1, 0.15) is 0 Å². The largest absolute Gasteiger partial charge is 0.301 e. The van der Waals surface area contributed by atoms with Gasteiger partial charge in [0.1, 0.15) is 11.6 Å². The zero-order valence-corrected chi connectivity index (χ0v) is 4.49. The summed E-state index contributed by atoms with van der Waals surface area (Å²) in [5, 5.41) is 0. The number of rotatable bonds is 0. The Balaban J connectivity index is 3.17. The van der Waals surface area contributed by atoms with E-state index in [9.17, 15) is 8.78 Å². The van der Waals surface area contributed by atoms with Crippen LogP contribution in [0.5, 0.6) is 0 Å². The summed E-state index contributed by atoms with van der Waals surface area (Å²) in [6.45, 7) is 0. The molecule has 0 saturated carbocycles. The van der Waals surface area contributed by atoms with E-state index in [4.69, 9.17) is 5.73 Å². The lowest BCUT2D eigenvalue weighted by Gasteiger charge is -1.90. The van der Waals surface area contributed by atoms with Crippen LogP contribution >= 0.6 is 0 Å². The monoisotopic (exact) mass is 128 g/mol. The van der Waals surface area contributed by atoms with Gasteiger partial charge in [-0.3, -0.25) is 0 Å². The number of hydrogen-bond donors (Lipinski definition) is 0. The molecular formula is C6H4F2N. The minimum absolute atomic E-state index is 0.146. The van der Waals surface area contributed by atoms with Crippen molar-refractivity contribution in [3.63, 3.8) is 0 Å². The highest BCUT2D eigenvalue weighted by molar-refractivity contribution is 5.33. The quantitative estimate of drug-likeness (QED) is 0.509. The first-order valence-corrected chi connectivity index (χ1v) is 2.36. The molecule has 0 bridgehead atoms. The maximum atomic E-state index is 12.1. The average molecular weight is 128 g/mol. The van der Waals surface area contributed by atoms with E-state index in [0.717, 1.165) is 18.2 Å². The van der Waals surface area contributed by atoms with E-state index in [2.05, 4.69) is 0 Å². The first-order chi connectivity index (χ1) is 4.18. The average Bonchev–Trinajstić information content (AvgIpc) is 1.59. The molecule has 0 unspecified atom stereocenters. The van der Waals surface area contributed by atoms with Crippen LogP contribution in [-0.2, 0) is 0 Å². The van der Waals surface area contributed by atoms with E-state index in [0.29, 0.717) is 0 Å². The fourth-order valence-corrected chi connectivity index (χ4v) is 0.554. The summed E-state index contributed by atoms with van der Waals surface area (Å²) in [6.07, 6.45) is 0. The second kappa shape index (κ2) is 2.01. The Labute approximate surface area is 51.1 Å². The van der Waals surface area contributed by atoms with E-state index >= 15 is 0 Å². The van der Waals surface area contributed by atoms with Gasteiger partial charge in [-0.1, -0.05) is 0 Å². The summed E-state index contributed by atoms with van der Waals surface area (Å²) in [6, 6.07) is 2.63. The zero-order chi connectivity index (χ0) is 6.85. The highest BCUT2D eigenvalue weighted by atomic mass is 19.1. The SMILES string of the molecule is [NH]c1cc(F)cc(F)c1. The lowest BCUT2D eigenvalue weighted by atomic mass is 10.3. The van der Waals surface area contributed by atoms with Crippen molar-refractivity contribution in [1.29, 1.82) is 0 Å². The molecule has 1 N–H and O–H groups in total. The van der Waals surface area contributed by atoms with Crippen LogP contribution in [-0.4, -0.2) is 0 Å².